The first-order valence-electron chi connectivity index (χ1n) is 6.14. The average Bonchev–Trinajstić information content (AvgIpc) is 2.34. The summed E-state index contributed by atoms with van der Waals surface area (Å²) in [4.78, 5) is 11.4. The molecule has 0 aliphatic rings. The molecule has 0 atom stereocenters. The highest BCUT2D eigenvalue weighted by atomic mass is 16.5. The molecule has 4 nitrogen and oxygen atoms in total. The first kappa shape index (κ1) is 14.5. The van der Waals surface area contributed by atoms with Crippen LogP contribution in [0.4, 0.5) is 0 Å². The van der Waals surface area contributed by atoms with Crippen LogP contribution in [0.25, 0.3) is 0 Å². The Balaban J connectivity index is 2.37. The second kappa shape index (κ2) is 7.71. The molecule has 0 saturated heterocycles. The van der Waals surface area contributed by atoms with Gasteiger partial charge in [0.15, 0.2) is 0 Å². The van der Waals surface area contributed by atoms with Crippen LogP contribution in [0, 0.1) is 0 Å². The SMILES string of the molecule is CC(C)OC(=O)CCc1ccc(OCCO)cc1. The molecule has 0 radical (unpaired) electrons. The maximum Gasteiger partial charge on any atom is 0.306 e. The number of esters is 1. The molecule has 0 amide bonds. The summed E-state index contributed by atoms with van der Waals surface area (Å²) in [5, 5.41) is 8.62. The number of ether oxygens (including phenoxy) is 2. The average molecular weight is 252 g/mol. The zero-order chi connectivity index (χ0) is 13.4. The third-order valence-corrected chi connectivity index (χ3v) is 2.27. The van der Waals surface area contributed by atoms with E-state index in [0.29, 0.717) is 19.4 Å². The van der Waals surface area contributed by atoms with Crippen molar-refractivity contribution in [2.75, 3.05) is 13.2 Å². The second-order valence-electron chi connectivity index (χ2n) is 4.25. The summed E-state index contributed by atoms with van der Waals surface area (Å²) in [6, 6.07) is 7.49. The quantitative estimate of drug-likeness (QED) is 0.753. The van der Waals surface area contributed by atoms with E-state index in [-0.39, 0.29) is 18.7 Å². The lowest BCUT2D eigenvalue weighted by molar-refractivity contribution is -0.147. The maximum atomic E-state index is 11.4. The smallest absolute Gasteiger partial charge is 0.306 e. The van der Waals surface area contributed by atoms with Gasteiger partial charge in [-0.15, -0.1) is 0 Å². The first-order valence-corrected chi connectivity index (χ1v) is 6.14. The molecule has 0 spiro atoms. The van der Waals surface area contributed by atoms with Gasteiger partial charge in [-0.2, -0.15) is 0 Å². The van der Waals surface area contributed by atoms with Crippen molar-refractivity contribution in [3.63, 3.8) is 0 Å². The summed E-state index contributed by atoms with van der Waals surface area (Å²) in [6.45, 7) is 3.97. The van der Waals surface area contributed by atoms with Gasteiger partial charge < -0.3 is 14.6 Å². The number of carbonyl (C=O) groups excluding carboxylic acids is 1. The van der Waals surface area contributed by atoms with Crippen LogP contribution in [0.3, 0.4) is 0 Å². The van der Waals surface area contributed by atoms with Crippen molar-refractivity contribution < 1.29 is 19.4 Å². The number of hydrogen-bond donors (Lipinski definition) is 1. The number of aliphatic hydroxyl groups excluding tert-OH is 1. The third-order valence-electron chi connectivity index (χ3n) is 2.27. The van der Waals surface area contributed by atoms with E-state index in [1.165, 1.54) is 0 Å². The topological polar surface area (TPSA) is 55.8 Å². The summed E-state index contributed by atoms with van der Waals surface area (Å²) in [5.41, 5.74) is 1.06. The fourth-order valence-corrected chi connectivity index (χ4v) is 1.48. The van der Waals surface area contributed by atoms with Crippen molar-refractivity contribution in [3.05, 3.63) is 29.8 Å². The van der Waals surface area contributed by atoms with Gasteiger partial charge in [-0.05, 0) is 38.0 Å². The van der Waals surface area contributed by atoms with E-state index in [1.807, 2.05) is 38.1 Å². The van der Waals surface area contributed by atoms with Crippen LogP contribution in [-0.4, -0.2) is 30.4 Å². The van der Waals surface area contributed by atoms with E-state index >= 15 is 0 Å². The molecule has 18 heavy (non-hydrogen) atoms. The number of aliphatic hydroxyl groups is 1. The summed E-state index contributed by atoms with van der Waals surface area (Å²) in [7, 11) is 0. The standard InChI is InChI=1S/C14H20O4/c1-11(2)18-14(16)8-5-12-3-6-13(7-4-12)17-10-9-15/h3-4,6-7,11,15H,5,8-10H2,1-2H3. The molecule has 1 aromatic carbocycles. The van der Waals surface area contributed by atoms with Gasteiger partial charge in [0.1, 0.15) is 12.4 Å². The van der Waals surface area contributed by atoms with E-state index in [1.54, 1.807) is 0 Å². The van der Waals surface area contributed by atoms with Crippen LogP contribution in [0.5, 0.6) is 5.75 Å². The molecule has 100 valence electrons. The Hall–Kier alpha value is -1.55. The lowest BCUT2D eigenvalue weighted by Gasteiger charge is -2.08. The Morgan fingerprint density at radius 3 is 2.50 bits per heavy atom. The highest BCUT2D eigenvalue weighted by Gasteiger charge is 2.05. The molecule has 0 bridgehead atoms. The Labute approximate surface area is 108 Å². The van der Waals surface area contributed by atoms with Crippen LogP contribution >= 0.6 is 0 Å². The van der Waals surface area contributed by atoms with Gasteiger partial charge in [0.2, 0.25) is 0 Å². The minimum atomic E-state index is -0.175. The van der Waals surface area contributed by atoms with Gasteiger partial charge in [-0.1, -0.05) is 12.1 Å². The molecule has 1 aromatic rings. The van der Waals surface area contributed by atoms with Crippen molar-refractivity contribution in [2.24, 2.45) is 0 Å². The number of aryl methyl sites for hydroxylation is 1. The largest absolute Gasteiger partial charge is 0.491 e. The van der Waals surface area contributed by atoms with E-state index in [4.69, 9.17) is 14.6 Å². The molecular weight excluding hydrogens is 232 g/mol. The fraction of sp³-hybridized carbons (Fsp3) is 0.500. The van der Waals surface area contributed by atoms with Gasteiger partial charge in [-0.3, -0.25) is 4.79 Å². The second-order valence-corrected chi connectivity index (χ2v) is 4.25. The Kier molecular flexibility index (Phi) is 6.22. The van der Waals surface area contributed by atoms with Gasteiger partial charge >= 0.3 is 5.97 Å². The lowest BCUT2D eigenvalue weighted by atomic mass is 10.1. The van der Waals surface area contributed by atoms with E-state index < -0.39 is 0 Å². The molecule has 1 rings (SSSR count). The van der Waals surface area contributed by atoms with Crippen LogP contribution < -0.4 is 4.74 Å². The molecule has 1 N–H and O–H groups in total. The number of benzene rings is 1. The molecular formula is C14H20O4. The van der Waals surface area contributed by atoms with E-state index in [2.05, 4.69) is 0 Å². The third kappa shape index (κ3) is 5.68. The zero-order valence-corrected chi connectivity index (χ0v) is 10.9. The Morgan fingerprint density at radius 1 is 1.28 bits per heavy atom. The molecule has 0 unspecified atom stereocenters. The van der Waals surface area contributed by atoms with Gasteiger partial charge in [-0.25, -0.2) is 0 Å². The molecule has 4 heteroatoms. The number of hydrogen-bond acceptors (Lipinski definition) is 4. The lowest BCUT2D eigenvalue weighted by Crippen LogP contribution is -2.11. The van der Waals surface area contributed by atoms with Crippen molar-refractivity contribution in [1.29, 1.82) is 0 Å². The van der Waals surface area contributed by atoms with Crippen LogP contribution in [0.2, 0.25) is 0 Å². The molecule has 0 aliphatic carbocycles. The van der Waals surface area contributed by atoms with Gasteiger partial charge in [0.05, 0.1) is 12.7 Å². The summed E-state index contributed by atoms with van der Waals surface area (Å²) < 4.78 is 10.3. The zero-order valence-electron chi connectivity index (χ0n) is 10.9. The summed E-state index contributed by atoms with van der Waals surface area (Å²) >= 11 is 0. The minimum Gasteiger partial charge on any atom is -0.491 e. The minimum absolute atomic E-state index is 0.00277. The Bertz CT molecular complexity index is 357. The molecule has 0 heterocycles. The van der Waals surface area contributed by atoms with Crippen LogP contribution in [0.15, 0.2) is 24.3 Å². The predicted octanol–water partition coefficient (Wildman–Crippen LogP) is 1.94. The number of carbonyl (C=O) groups is 1. The maximum absolute atomic E-state index is 11.4. The van der Waals surface area contributed by atoms with E-state index in [0.717, 1.165) is 11.3 Å². The molecule has 0 saturated carbocycles. The highest BCUT2D eigenvalue weighted by molar-refractivity contribution is 5.69. The van der Waals surface area contributed by atoms with Crippen molar-refractivity contribution in [3.8, 4) is 5.75 Å². The molecule has 0 aromatic heterocycles. The first-order chi connectivity index (χ1) is 8.61. The summed E-state index contributed by atoms with van der Waals surface area (Å²) in [5.74, 6) is 0.545. The molecule has 0 aliphatic heterocycles. The van der Waals surface area contributed by atoms with Gasteiger partial charge in [0.25, 0.3) is 0 Å². The van der Waals surface area contributed by atoms with Gasteiger partial charge in [0, 0.05) is 6.42 Å². The summed E-state index contributed by atoms with van der Waals surface area (Å²) in [6.07, 6.45) is 0.979. The Morgan fingerprint density at radius 2 is 1.94 bits per heavy atom. The predicted molar refractivity (Wildman–Crippen MR) is 68.6 cm³/mol. The monoisotopic (exact) mass is 252 g/mol. The van der Waals surface area contributed by atoms with Crippen molar-refractivity contribution >= 4 is 5.97 Å². The normalized spacial score (nSPS) is 10.4. The van der Waals surface area contributed by atoms with Crippen molar-refractivity contribution in [1.82, 2.24) is 0 Å². The van der Waals surface area contributed by atoms with Crippen LogP contribution in [0.1, 0.15) is 25.8 Å². The van der Waals surface area contributed by atoms with Crippen molar-refractivity contribution in [2.45, 2.75) is 32.8 Å². The number of rotatable bonds is 7. The van der Waals surface area contributed by atoms with Crippen LogP contribution in [-0.2, 0) is 16.0 Å². The van der Waals surface area contributed by atoms with E-state index in [9.17, 15) is 4.79 Å². The molecule has 0 fully saturated rings. The fourth-order valence-electron chi connectivity index (χ4n) is 1.48. The highest BCUT2D eigenvalue weighted by Crippen LogP contribution is 2.13.